The zero-order valence-corrected chi connectivity index (χ0v) is 10.9. The quantitative estimate of drug-likeness (QED) is 0.853. The molecule has 0 saturated carbocycles. The van der Waals surface area contributed by atoms with Crippen LogP contribution in [0.3, 0.4) is 0 Å². The Labute approximate surface area is 104 Å². The minimum Gasteiger partial charge on any atom is -0.496 e. The van der Waals surface area contributed by atoms with Crippen LogP contribution in [0.25, 0.3) is 0 Å². The van der Waals surface area contributed by atoms with Crippen LogP contribution in [0.1, 0.15) is 29.2 Å². The first-order valence-electron chi connectivity index (χ1n) is 5.21. The highest BCUT2D eigenvalue weighted by molar-refractivity contribution is 5.85. The number of aryl methyl sites for hydroxylation is 2. The minimum atomic E-state index is 0. The van der Waals surface area contributed by atoms with E-state index in [4.69, 9.17) is 16.2 Å². The summed E-state index contributed by atoms with van der Waals surface area (Å²) in [5.41, 5.74) is 14.9. The predicted molar refractivity (Wildman–Crippen MR) is 70.3 cm³/mol. The van der Waals surface area contributed by atoms with Gasteiger partial charge in [-0.05, 0) is 43.5 Å². The summed E-state index contributed by atoms with van der Waals surface area (Å²) < 4.78 is 5.30. The minimum absolute atomic E-state index is 0. The molecular formula is C12H21ClN2O. The second kappa shape index (κ2) is 6.74. The molecule has 16 heavy (non-hydrogen) atoms. The maximum Gasteiger partial charge on any atom is 0.124 e. The van der Waals surface area contributed by atoms with Gasteiger partial charge < -0.3 is 16.2 Å². The van der Waals surface area contributed by atoms with Crippen LogP contribution in [0.5, 0.6) is 5.75 Å². The molecule has 4 N–H and O–H groups in total. The molecule has 1 aromatic rings. The molecule has 0 fully saturated rings. The Balaban J connectivity index is 0.00000225. The predicted octanol–water partition coefficient (Wildman–Crippen LogP) is 2.08. The normalized spacial score (nSPS) is 11.8. The summed E-state index contributed by atoms with van der Waals surface area (Å²) in [6, 6.07) is 4.18. The summed E-state index contributed by atoms with van der Waals surface area (Å²) >= 11 is 0. The van der Waals surface area contributed by atoms with E-state index in [0.29, 0.717) is 6.54 Å². The maximum atomic E-state index is 6.01. The Bertz CT molecular complexity index is 319. The van der Waals surface area contributed by atoms with Gasteiger partial charge in [-0.15, -0.1) is 12.4 Å². The molecule has 1 rings (SSSR count). The van der Waals surface area contributed by atoms with Gasteiger partial charge >= 0.3 is 0 Å². The van der Waals surface area contributed by atoms with E-state index < -0.39 is 0 Å². The Morgan fingerprint density at radius 1 is 1.25 bits per heavy atom. The first-order chi connectivity index (χ1) is 7.10. The van der Waals surface area contributed by atoms with Crippen LogP contribution in [0, 0.1) is 13.8 Å². The summed E-state index contributed by atoms with van der Waals surface area (Å²) in [6.45, 7) is 4.68. The molecule has 0 radical (unpaired) electrons. The van der Waals surface area contributed by atoms with Gasteiger partial charge in [-0.3, -0.25) is 0 Å². The lowest BCUT2D eigenvalue weighted by atomic mass is 9.99. The first-order valence-corrected chi connectivity index (χ1v) is 5.21. The largest absolute Gasteiger partial charge is 0.496 e. The van der Waals surface area contributed by atoms with Crippen LogP contribution in [0.2, 0.25) is 0 Å². The van der Waals surface area contributed by atoms with E-state index in [9.17, 15) is 0 Å². The topological polar surface area (TPSA) is 61.3 Å². The molecule has 0 aliphatic carbocycles. The standard InChI is InChI=1S/C12H20N2O.ClH/c1-8-6-10(11(14)4-5-13)7-9(2)12(8)15-3;/h6-7,11H,4-5,13-14H2,1-3H3;1H/t11-;/m1./s1. The van der Waals surface area contributed by atoms with Crippen LogP contribution in [0.15, 0.2) is 12.1 Å². The smallest absolute Gasteiger partial charge is 0.124 e. The Morgan fingerprint density at radius 2 is 1.75 bits per heavy atom. The highest BCUT2D eigenvalue weighted by Gasteiger charge is 2.10. The van der Waals surface area contributed by atoms with Crippen molar-refractivity contribution in [2.75, 3.05) is 13.7 Å². The van der Waals surface area contributed by atoms with Crippen molar-refractivity contribution in [2.45, 2.75) is 26.3 Å². The molecule has 0 aliphatic heterocycles. The number of hydrogen-bond acceptors (Lipinski definition) is 3. The lowest BCUT2D eigenvalue weighted by molar-refractivity contribution is 0.408. The van der Waals surface area contributed by atoms with Crippen LogP contribution in [-0.4, -0.2) is 13.7 Å². The molecule has 0 aliphatic rings. The fourth-order valence-electron chi connectivity index (χ4n) is 1.87. The molecule has 0 unspecified atom stereocenters. The average Bonchev–Trinajstić information content (AvgIpc) is 2.17. The summed E-state index contributed by atoms with van der Waals surface area (Å²) in [7, 11) is 1.69. The lowest BCUT2D eigenvalue weighted by Crippen LogP contribution is -2.15. The van der Waals surface area contributed by atoms with Gasteiger partial charge in [0.15, 0.2) is 0 Å². The van der Waals surface area contributed by atoms with Gasteiger partial charge in [0.05, 0.1) is 7.11 Å². The summed E-state index contributed by atoms with van der Waals surface area (Å²) in [5.74, 6) is 0.943. The first kappa shape index (κ1) is 15.2. The van der Waals surface area contributed by atoms with Gasteiger partial charge in [0.2, 0.25) is 0 Å². The van der Waals surface area contributed by atoms with Crippen molar-refractivity contribution >= 4 is 12.4 Å². The van der Waals surface area contributed by atoms with Gasteiger partial charge in [-0.25, -0.2) is 0 Å². The number of nitrogens with two attached hydrogens (primary N) is 2. The summed E-state index contributed by atoms with van der Waals surface area (Å²) in [5, 5.41) is 0. The summed E-state index contributed by atoms with van der Waals surface area (Å²) in [4.78, 5) is 0. The van der Waals surface area contributed by atoms with E-state index in [-0.39, 0.29) is 18.4 Å². The third-order valence-corrected chi connectivity index (χ3v) is 2.59. The van der Waals surface area contributed by atoms with E-state index in [1.165, 1.54) is 0 Å². The number of hydrogen-bond donors (Lipinski definition) is 2. The van der Waals surface area contributed by atoms with Crippen molar-refractivity contribution in [1.82, 2.24) is 0 Å². The molecule has 0 amide bonds. The van der Waals surface area contributed by atoms with Gasteiger partial charge in [0.25, 0.3) is 0 Å². The van der Waals surface area contributed by atoms with Crippen molar-refractivity contribution in [1.29, 1.82) is 0 Å². The zero-order valence-electron chi connectivity index (χ0n) is 10.1. The fourth-order valence-corrected chi connectivity index (χ4v) is 1.87. The van der Waals surface area contributed by atoms with Gasteiger partial charge in [-0.2, -0.15) is 0 Å². The van der Waals surface area contributed by atoms with Crippen molar-refractivity contribution in [3.63, 3.8) is 0 Å². The number of benzene rings is 1. The monoisotopic (exact) mass is 244 g/mol. The van der Waals surface area contributed by atoms with Crippen LogP contribution in [0.4, 0.5) is 0 Å². The van der Waals surface area contributed by atoms with E-state index in [2.05, 4.69) is 12.1 Å². The second-order valence-corrected chi connectivity index (χ2v) is 3.87. The van der Waals surface area contributed by atoms with E-state index in [0.717, 1.165) is 28.9 Å². The van der Waals surface area contributed by atoms with Crippen molar-refractivity contribution in [3.8, 4) is 5.75 Å². The maximum absolute atomic E-state index is 6.01. The molecular weight excluding hydrogens is 224 g/mol. The van der Waals surface area contributed by atoms with E-state index in [1.807, 2.05) is 13.8 Å². The molecule has 4 heteroatoms. The third kappa shape index (κ3) is 3.37. The second-order valence-electron chi connectivity index (χ2n) is 3.87. The Hall–Kier alpha value is -0.770. The average molecular weight is 245 g/mol. The molecule has 0 aromatic heterocycles. The van der Waals surface area contributed by atoms with Crippen molar-refractivity contribution in [3.05, 3.63) is 28.8 Å². The van der Waals surface area contributed by atoms with Gasteiger partial charge in [0.1, 0.15) is 5.75 Å². The Kier molecular flexibility index (Phi) is 6.41. The van der Waals surface area contributed by atoms with E-state index in [1.54, 1.807) is 7.11 Å². The Morgan fingerprint density at radius 3 is 2.12 bits per heavy atom. The van der Waals surface area contributed by atoms with Crippen LogP contribution >= 0.6 is 12.4 Å². The third-order valence-electron chi connectivity index (χ3n) is 2.59. The number of rotatable bonds is 4. The highest BCUT2D eigenvalue weighted by Crippen LogP contribution is 2.27. The molecule has 0 saturated heterocycles. The van der Waals surface area contributed by atoms with Crippen molar-refractivity contribution < 1.29 is 4.74 Å². The SMILES string of the molecule is COc1c(C)cc([C@H](N)CCN)cc1C.Cl. The molecule has 3 nitrogen and oxygen atoms in total. The van der Waals surface area contributed by atoms with Gasteiger partial charge in [0, 0.05) is 6.04 Å². The van der Waals surface area contributed by atoms with Gasteiger partial charge in [-0.1, -0.05) is 12.1 Å². The summed E-state index contributed by atoms with van der Waals surface area (Å²) in [6.07, 6.45) is 0.811. The zero-order chi connectivity index (χ0) is 11.4. The number of halogens is 1. The molecule has 0 heterocycles. The molecule has 92 valence electrons. The number of methoxy groups -OCH3 is 1. The van der Waals surface area contributed by atoms with Crippen LogP contribution in [-0.2, 0) is 0 Å². The molecule has 1 atom stereocenters. The fraction of sp³-hybridized carbons (Fsp3) is 0.500. The van der Waals surface area contributed by atoms with Crippen LogP contribution < -0.4 is 16.2 Å². The van der Waals surface area contributed by atoms with Crippen molar-refractivity contribution in [2.24, 2.45) is 11.5 Å². The molecule has 1 aromatic carbocycles. The number of ether oxygens (including phenoxy) is 1. The lowest BCUT2D eigenvalue weighted by Gasteiger charge is -2.15. The van der Waals surface area contributed by atoms with E-state index >= 15 is 0 Å². The highest BCUT2D eigenvalue weighted by atomic mass is 35.5. The molecule has 0 bridgehead atoms. The molecule has 0 spiro atoms.